The van der Waals surface area contributed by atoms with Crippen molar-refractivity contribution < 1.29 is 19.4 Å². The highest BCUT2D eigenvalue weighted by Gasteiger charge is 2.44. The number of carbonyl (C=O) groups is 2. The molecule has 5 heteroatoms. The molecule has 0 aliphatic carbocycles. The first-order valence-electron chi connectivity index (χ1n) is 7.24. The average Bonchev–Trinajstić information content (AvgIpc) is 2.82. The van der Waals surface area contributed by atoms with Gasteiger partial charge in [-0.3, -0.25) is 9.59 Å². The van der Waals surface area contributed by atoms with Gasteiger partial charge in [0.1, 0.15) is 5.75 Å². The molecular formula is C16H21NO4. The molecule has 21 heavy (non-hydrogen) atoms. The molecule has 1 fully saturated rings. The van der Waals surface area contributed by atoms with Gasteiger partial charge < -0.3 is 14.7 Å². The van der Waals surface area contributed by atoms with Crippen LogP contribution in [0.3, 0.4) is 0 Å². The zero-order valence-corrected chi connectivity index (χ0v) is 12.4. The average molecular weight is 291 g/mol. The largest absolute Gasteiger partial charge is 0.497 e. The molecule has 2 rings (SSSR count). The van der Waals surface area contributed by atoms with Gasteiger partial charge in [-0.25, -0.2) is 0 Å². The maximum Gasteiger partial charge on any atom is 0.309 e. The molecule has 1 aliphatic heterocycles. The Hall–Kier alpha value is -2.04. The van der Waals surface area contributed by atoms with Crippen LogP contribution in [0.1, 0.15) is 37.8 Å². The fraction of sp³-hybridized carbons (Fsp3) is 0.500. The Morgan fingerprint density at radius 3 is 2.57 bits per heavy atom. The molecule has 1 heterocycles. The summed E-state index contributed by atoms with van der Waals surface area (Å²) in [6.45, 7) is 2.66. The first-order chi connectivity index (χ1) is 10.1. The topological polar surface area (TPSA) is 66.8 Å². The van der Waals surface area contributed by atoms with Crippen LogP contribution >= 0.6 is 0 Å². The van der Waals surface area contributed by atoms with Crippen molar-refractivity contribution in [1.29, 1.82) is 0 Å². The number of amides is 1. The number of unbranched alkanes of at least 4 members (excludes halogenated alkanes) is 1. The van der Waals surface area contributed by atoms with Crippen LogP contribution in [-0.4, -0.2) is 35.5 Å². The maximum absolute atomic E-state index is 12.1. The van der Waals surface area contributed by atoms with Gasteiger partial charge in [0.05, 0.1) is 19.1 Å². The fourth-order valence-corrected chi connectivity index (χ4v) is 2.82. The minimum atomic E-state index is -0.914. The highest BCUT2D eigenvalue weighted by Crippen LogP contribution is 2.38. The predicted molar refractivity (Wildman–Crippen MR) is 78.1 cm³/mol. The van der Waals surface area contributed by atoms with E-state index in [2.05, 4.69) is 6.92 Å². The lowest BCUT2D eigenvalue weighted by Crippen LogP contribution is -2.31. The minimum absolute atomic E-state index is 0.0725. The number of benzene rings is 1. The first-order valence-corrected chi connectivity index (χ1v) is 7.24. The Morgan fingerprint density at radius 2 is 2.05 bits per heavy atom. The number of carboxylic acids is 1. The van der Waals surface area contributed by atoms with E-state index < -0.39 is 11.9 Å². The highest BCUT2D eigenvalue weighted by molar-refractivity contribution is 5.87. The number of methoxy groups -OCH3 is 1. The van der Waals surface area contributed by atoms with E-state index in [1.165, 1.54) is 0 Å². The van der Waals surface area contributed by atoms with Crippen LogP contribution < -0.4 is 4.74 Å². The van der Waals surface area contributed by atoms with Gasteiger partial charge in [0.2, 0.25) is 5.91 Å². The molecule has 0 aromatic heterocycles. The molecule has 0 spiro atoms. The van der Waals surface area contributed by atoms with E-state index in [4.69, 9.17) is 4.74 Å². The molecule has 114 valence electrons. The van der Waals surface area contributed by atoms with E-state index in [0.29, 0.717) is 6.54 Å². The number of hydrogen-bond acceptors (Lipinski definition) is 3. The van der Waals surface area contributed by atoms with Gasteiger partial charge in [-0.1, -0.05) is 25.5 Å². The number of rotatable bonds is 6. The van der Waals surface area contributed by atoms with Crippen molar-refractivity contribution in [2.24, 2.45) is 5.92 Å². The summed E-state index contributed by atoms with van der Waals surface area (Å²) in [4.78, 5) is 25.3. The van der Waals surface area contributed by atoms with Crippen LogP contribution in [0.25, 0.3) is 0 Å². The van der Waals surface area contributed by atoms with Crippen molar-refractivity contribution in [3.8, 4) is 5.75 Å². The van der Waals surface area contributed by atoms with Crippen LogP contribution in [-0.2, 0) is 9.59 Å². The Kier molecular flexibility index (Phi) is 4.83. The zero-order valence-electron chi connectivity index (χ0n) is 12.4. The monoisotopic (exact) mass is 291 g/mol. The van der Waals surface area contributed by atoms with Gasteiger partial charge in [-0.2, -0.15) is 0 Å². The van der Waals surface area contributed by atoms with Crippen LogP contribution in [0.4, 0.5) is 0 Å². The molecule has 1 saturated heterocycles. The molecule has 1 aromatic carbocycles. The number of nitrogens with zero attached hydrogens (tertiary/aromatic N) is 1. The normalized spacial score (nSPS) is 21.6. The molecule has 1 amide bonds. The van der Waals surface area contributed by atoms with Crippen molar-refractivity contribution in [2.75, 3.05) is 13.7 Å². The van der Waals surface area contributed by atoms with Gasteiger partial charge in [0.15, 0.2) is 0 Å². The smallest absolute Gasteiger partial charge is 0.309 e. The molecule has 0 unspecified atom stereocenters. The molecule has 0 saturated carbocycles. The third-order valence-electron chi connectivity index (χ3n) is 3.96. The number of likely N-dealkylation sites (tertiary alicyclic amines) is 1. The molecule has 2 atom stereocenters. The molecule has 1 N–H and O–H groups in total. The number of carboxylic acid groups (broad SMARTS) is 1. The highest BCUT2D eigenvalue weighted by atomic mass is 16.5. The summed E-state index contributed by atoms with van der Waals surface area (Å²) in [5, 5.41) is 9.40. The van der Waals surface area contributed by atoms with Crippen LogP contribution in [0, 0.1) is 5.92 Å². The van der Waals surface area contributed by atoms with Crippen molar-refractivity contribution in [3.05, 3.63) is 29.8 Å². The molecular weight excluding hydrogens is 270 g/mol. The van der Waals surface area contributed by atoms with E-state index in [-0.39, 0.29) is 18.4 Å². The van der Waals surface area contributed by atoms with E-state index in [9.17, 15) is 14.7 Å². The van der Waals surface area contributed by atoms with Crippen molar-refractivity contribution >= 4 is 11.9 Å². The van der Waals surface area contributed by atoms with Crippen molar-refractivity contribution in [3.63, 3.8) is 0 Å². The Morgan fingerprint density at radius 1 is 1.38 bits per heavy atom. The third-order valence-corrected chi connectivity index (χ3v) is 3.96. The summed E-state index contributed by atoms with van der Waals surface area (Å²) >= 11 is 0. The summed E-state index contributed by atoms with van der Waals surface area (Å²) in [6, 6.07) is 6.91. The van der Waals surface area contributed by atoms with Gasteiger partial charge in [0, 0.05) is 13.0 Å². The Bertz CT molecular complexity index is 512. The van der Waals surface area contributed by atoms with Crippen molar-refractivity contribution in [2.45, 2.75) is 32.2 Å². The molecule has 0 bridgehead atoms. The molecule has 5 nitrogen and oxygen atoms in total. The molecule has 1 aliphatic rings. The number of hydrogen-bond donors (Lipinski definition) is 1. The summed E-state index contributed by atoms with van der Waals surface area (Å²) < 4.78 is 5.12. The minimum Gasteiger partial charge on any atom is -0.497 e. The van der Waals surface area contributed by atoms with Crippen LogP contribution in [0.15, 0.2) is 24.3 Å². The first kappa shape index (κ1) is 15.4. The Balaban J connectivity index is 2.31. The zero-order chi connectivity index (χ0) is 15.4. The lowest BCUT2D eigenvalue weighted by atomic mass is 9.93. The Labute approximate surface area is 124 Å². The predicted octanol–water partition coefficient (Wildman–Crippen LogP) is 2.47. The standard InChI is InChI=1S/C16H21NO4/c1-3-4-9-17-14(18)10-13(16(19)20)15(17)11-5-7-12(21-2)8-6-11/h5-8,13,15H,3-4,9-10H2,1-2H3,(H,19,20)/t13-,15-/m0/s1. The van der Waals surface area contributed by atoms with E-state index in [1.807, 2.05) is 12.1 Å². The van der Waals surface area contributed by atoms with Gasteiger partial charge >= 0.3 is 5.97 Å². The lowest BCUT2D eigenvalue weighted by molar-refractivity contribution is -0.142. The van der Waals surface area contributed by atoms with E-state index in [1.54, 1.807) is 24.1 Å². The van der Waals surface area contributed by atoms with Crippen LogP contribution in [0.2, 0.25) is 0 Å². The van der Waals surface area contributed by atoms with Gasteiger partial charge in [-0.15, -0.1) is 0 Å². The van der Waals surface area contributed by atoms with Gasteiger partial charge in [0.25, 0.3) is 0 Å². The number of ether oxygens (including phenoxy) is 1. The summed E-state index contributed by atoms with van der Waals surface area (Å²) in [5.74, 6) is -0.947. The van der Waals surface area contributed by atoms with Crippen molar-refractivity contribution in [1.82, 2.24) is 4.90 Å². The van der Waals surface area contributed by atoms with Crippen LogP contribution in [0.5, 0.6) is 5.75 Å². The summed E-state index contributed by atoms with van der Waals surface area (Å²) in [5.41, 5.74) is 0.852. The number of carbonyl (C=O) groups excluding carboxylic acids is 1. The second kappa shape index (κ2) is 6.61. The maximum atomic E-state index is 12.1. The second-order valence-electron chi connectivity index (χ2n) is 5.31. The van der Waals surface area contributed by atoms with E-state index in [0.717, 1.165) is 24.2 Å². The number of aliphatic carboxylic acids is 1. The quantitative estimate of drug-likeness (QED) is 0.874. The lowest BCUT2D eigenvalue weighted by Gasteiger charge is -2.27. The molecule has 1 aromatic rings. The summed E-state index contributed by atoms with van der Waals surface area (Å²) in [7, 11) is 1.59. The molecule has 0 radical (unpaired) electrons. The van der Waals surface area contributed by atoms with E-state index >= 15 is 0 Å². The van der Waals surface area contributed by atoms with Gasteiger partial charge in [-0.05, 0) is 24.1 Å². The fourth-order valence-electron chi connectivity index (χ4n) is 2.82. The second-order valence-corrected chi connectivity index (χ2v) is 5.31. The third kappa shape index (κ3) is 3.17. The summed E-state index contributed by atoms with van der Waals surface area (Å²) in [6.07, 6.45) is 1.93. The SMILES string of the molecule is CCCCN1C(=O)C[C@H](C(=O)O)[C@@H]1c1ccc(OC)cc1.